The zero-order valence-corrected chi connectivity index (χ0v) is 24.1. The van der Waals surface area contributed by atoms with E-state index >= 15 is 0 Å². The van der Waals surface area contributed by atoms with E-state index < -0.39 is 0 Å². The molecule has 1 nitrogen and oxygen atoms in total. The molecule has 0 N–H and O–H groups in total. The first kappa shape index (κ1) is 24.3. The van der Waals surface area contributed by atoms with Crippen LogP contribution in [-0.2, 0) is 11.8 Å². The minimum Gasteiger partial charge on any atom is -0.237 e. The minimum absolute atomic E-state index is 0.0429. The molecule has 0 unspecified atom stereocenters. The topological polar surface area (TPSA) is 12.9 Å². The molecule has 3 aromatic carbocycles. The Kier molecular flexibility index (Phi) is 5.97. The molecule has 0 bridgehead atoms. The van der Waals surface area contributed by atoms with Crippen LogP contribution in [0.25, 0.3) is 53.5 Å². The average molecular weight is 520 g/mol. The number of nitrogens with zero attached hydrogens (tertiary/aromatic N) is 1. The van der Waals surface area contributed by atoms with Gasteiger partial charge in [-0.1, -0.05) is 71.0 Å². The van der Waals surface area contributed by atoms with Gasteiger partial charge in [0.15, 0.2) is 0 Å². The highest BCUT2D eigenvalue weighted by Gasteiger charge is 2.20. The molecule has 0 aliphatic rings. The van der Waals surface area contributed by atoms with Gasteiger partial charge in [-0.2, -0.15) is 0 Å². The number of aryl methyl sites for hydroxylation is 1. The second kappa shape index (κ2) is 9.08. The van der Waals surface area contributed by atoms with Crippen molar-refractivity contribution in [2.45, 2.75) is 53.4 Å². The molecule has 0 aliphatic carbocycles. The quantitative estimate of drug-likeness (QED) is 0.226. The van der Waals surface area contributed by atoms with Crippen LogP contribution < -0.4 is 0 Å². The van der Waals surface area contributed by atoms with E-state index in [9.17, 15) is 0 Å². The van der Waals surface area contributed by atoms with Crippen molar-refractivity contribution in [3.63, 3.8) is 0 Å². The molecule has 186 valence electrons. The molecule has 6 rings (SSSR count). The van der Waals surface area contributed by atoms with Crippen molar-refractivity contribution in [3.05, 3.63) is 88.1 Å². The first-order valence-corrected chi connectivity index (χ1v) is 14.8. The van der Waals surface area contributed by atoms with Crippen molar-refractivity contribution in [3.8, 4) is 22.4 Å². The summed E-state index contributed by atoms with van der Waals surface area (Å²) in [7, 11) is 0. The van der Waals surface area contributed by atoms with Crippen LogP contribution in [-0.4, -0.2) is 4.98 Å². The van der Waals surface area contributed by atoms with Gasteiger partial charge in [0.05, 0.1) is 5.69 Å². The van der Waals surface area contributed by atoms with E-state index in [0.29, 0.717) is 5.92 Å². The summed E-state index contributed by atoms with van der Waals surface area (Å²) in [5.74, 6) is 0.657. The maximum absolute atomic E-state index is 5.16. The van der Waals surface area contributed by atoms with Crippen LogP contribution in [0.3, 0.4) is 0 Å². The molecule has 0 aliphatic heterocycles. The maximum atomic E-state index is 5.16. The first-order valence-electron chi connectivity index (χ1n) is 13.1. The molecule has 0 amide bonds. The van der Waals surface area contributed by atoms with Gasteiger partial charge < -0.3 is 0 Å². The average Bonchev–Trinajstić information content (AvgIpc) is 3.45. The van der Waals surface area contributed by atoms with Gasteiger partial charge >= 0.3 is 0 Å². The number of pyridine rings is 1. The van der Waals surface area contributed by atoms with Crippen LogP contribution in [0, 0.1) is 12.8 Å². The Morgan fingerprint density at radius 3 is 2.43 bits per heavy atom. The van der Waals surface area contributed by atoms with E-state index in [4.69, 9.17) is 4.98 Å². The number of thiophene rings is 2. The smallest absolute Gasteiger partial charge is 0.124 e. The number of fused-ring (bicyclic) bond motifs is 3. The number of hydrogen-bond acceptors (Lipinski definition) is 3. The van der Waals surface area contributed by atoms with Gasteiger partial charge in [0.1, 0.15) is 4.83 Å². The lowest BCUT2D eigenvalue weighted by atomic mass is 9.82. The molecule has 0 fully saturated rings. The summed E-state index contributed by atoms with van der Waals surface area (Å²) in [4.78, 5) is 7.70. The highest BCUT2D eigenvalue weighted by molar-refractivity contribution is 7.19. The van der Waals surface area contributed by atoms with Crippen LogP contribution >= 0.6 is 22.7 Å². The highest BCUT2D eigenvalue weighted by Crippen LogP contribution is 2.40. The number of aromatic nitrogens is 1. The predicted octanol–water partition coefficient (Wildman–Crippen LogP) is 10.8. The van der Waals surface area contributed by atoms with Gasteiger partial charge in [0.2, 0.25) is 0 Å². The summed E-state index contributed by atoms with van der Waals surface area (Å²) in [5.41, 5.74) is 7.70. The summed E-state index contributed by atoms with van der Waals surface area (Å²) in [6, 6.07) is 25.0. The molecule has 0 saturated carbocycles. The lowest BCUT2D eigenvalue weighted by Gasteiger charge is -2.23. The number of hydrogen-bond donors (Lipinski definition) is 0. The summed E-state index contributed by atoms with van der Waals surface area (Å²) in [6.07, 6.45) is 1.14. The molecule has 0 spiro atoms. The molecule has 0 saturated heterocycles. The number of rotatable bonds is 4. The molecule has 3 heterocycles. The first-order chi connectivity index (χ1) is 17.7. The molecule has 37 heavy (non-hydrogen) atoms. The summed E-state index contributed by atoms with van der Waals surface area (Å²) in [5, 5.41) is 7.42. The maximum Gasteiger partial charge on any atom is 0.124 e. The van der Waals surface area contributed by atoms with Crippen molar-refractivity contribution in [1.29, 1.82) is 0 Å². The van der Waals surface area contributed by atoms with E-state index in [2.05, 4.69) is 114 Å². The molecular weight excluding hydrogens is 487 g/mol. The van der Waals surface area contributed by atoms with Gasteiger partial charge in [-0.25, -0.2) is 4.98 Å². The fraction of sp³-hybridized carbons (Fsp3) is 0.265. The molecule has 3 aromatic heterocycles. The van der Waals surface area contributed by atoms with E-state index in [1.165, 1.54) is 58.9 Å². The van der Waals surface area contributed by atoms with Gasteiger partial charge in [0.25, 0.3) is 0 Å². The number of benzene rings is 3. The van der Waals surface area contributed by atoms with E-state index in [0.717, 1.165) is 16.9 Å². The second-order valence-corrected chi connectivity index (χ2v) is 13.8. The molecule has 3 heteroatoms. The van der Waals surface area contributed by atoms with Crippen LogP contribution in [0.2, 0.25) is 0 Å². The summed E-state index contributed by atoms with van der Waals surface area (Å²) < 4.78 is 1.38. The lowest BCUT2D eigenvalue weighted by molar-refractivity contribution is 0.596. The third-order valence-electron chi connectivity index (χ3n) is 7.32. The van der Waals surface area contributed by atoms with Gasteiger partial charge in [-0.15, -0.1) is 22.7 Å². The standard InChI is InChI=1S/C34H33NS2/c1-20(2)15-28-21(3)37-32-18-23(11-12-26(28)32)29-19-31(35-33-27(29)13-14-36-33)24-16-22-9-7-8-10-25(22)30(17-24)34(4,5)6/h7-14,16-20H,15H2,1-6H3. The van der Waals surface area contributed by atoms with Crippen molar-refractivity contribution in [2.75, 3.05) is 0 Å². The Labute approximate surface area is 227 Å². The predicted molar refractivity (Wildman–Crippen MR) is 165 cm³/mol. The fourth-order valence-corrected chi connectivity index (χ4v) is 7.44. The lowest BCUT2D eigenvalue weighted by Crippen LogP contribution is -2.12. The molecule has 6 aromatic rings. The zero-order chi connectivity index (χ0) is 25.9. The third-order valence-corrected chi connectivity index (χ3v) is 9.24. The molecule has 0 radical (unpaired) electrons. The SMILES string of the molecule is Cc1sc2cc(-c3cc(-c4cc(C(C)(C)C)c5ccccc5c4)nc4sccc34)ccc2c1CC(C)C. The van der Waals surface area contributed by atoms with Gasteiger partial charge in [-0.05, 0) is 98.8 Å². The summed E-state index contributed by atoms with van der Waals surface area (Å²) >= 11 is 3.66. The van der Waals surface area contributed by atoms with Crippen molar-refractivity contribution >= 4 is 53.7 Å². The Morgan fingerprint density at radius 1 is 0.838 bits per heavy atom. The van der Waals surface area contributed by atoms with Crippen molar-refractivity contribution < 1.29 is 0 Å². The van der Waals surface area contributed by atoms with E-state index in [1.54, 1.807) is 11.3 Å². The van der Waals surface area contributed by atoms with Gasteiger partial charge in [0, 0.05) is 20.5 Å². The summed E-state index contributed by atoms with van der Waals surface area (Å²) in [6.45, 7) is 13.8. The molecular formula is C34H33NS2. The van der Waals surface area contributed by atoms with Crippen LogP contribution in [0.5, 0.6) is 0 Å². The van der Waals surface area contributed by atoms with Crippen molar-refractivity contribution in [1.82, 2.24) is 4.98 Å². The second-order valence-electron chi connectivity index (χ2n) is 11.6. The minimum atomic E-state index is 0.0429. The molecule has 0 atom stereocenters. The third kappa shape index (κ3) is 4.39. The van der Waals surface area contributed by atoms with Crippen LogP contribution in [0.1, 0.15) is 50.6 Å². The Bertz CT molecular complexity index is 1780. The largest absolute Gasteiger partial charge is 0.237 e. The Hall–Kier alpha value is -3.01. The fourth-order valence-electron chi connectivity index (χ4n) is 5.52. The van der Waals surface area contributed by atoms with E-state index in [-0.39, 0.29) is 5.41 Å². The van der Waals surface area contributed by atoms with Gasteiger partial charge in [-0.3, -0.25) is 0 Å². The van der Waals surface area contributed by atoms with E-state index in [1.807, 2.05) is 11.3 Å². The Morgan fingerprint density at radius 2 is 1.65 bits per heavy atom. The van der Waals surface area contributed by atoms with Crippen LogP contribution in [0.15, 0.2) is 72.1 Å². The van der Waals surface area contributed by atoms with Crippen LogP contribution in [0.4, 0.5) is 0 Å². The highest BCUT2D eigenvalue weighted by atomic mass is 32.1. The normalized spacial score (nSPS) is 12.4. The van der Waals surface area contributed by atoms with Crippen molar-refractivity contribution in [2.24, 2.45) is 5.92 Å². The monoisotopic (exact) mass is 519 g/mol. The Balaban J connectivity index is 1.55. The zero-order valence-electron chi connectivity index (χ0n) is 22.5.